The molecule has 0 spiro atoms. The van der Waals surface area contributed by atoms with E-state index in [9.17, 15) is 15.1 Å². The van der Waals surface area contributed by atoms with Crippen molar-refractivity contribution in [3.63, 3.8) is 0 Å². The Bertz CT molecular complexity index is 1280. The number of phenols is 2. The second-order valence-corrected chi connectivity index (χ2v) is 6.91. The van der Waals surface area contributed by atoms with Crippen LogP contribution in [0.4, 0.5) is 29.2 Å². The number of nitrogens with zero attached hydrogens (tertiary/aromatic N) is 9. The Morgan fingerprint density at radius 1 is 0.824 bits per heavy atom. The summed E-state index contributed by atoms with van der Waals surface area (Å²) in [7, 11) is 0. The van der Waals surface area contributed by atoms with Crippen LogP contribution >= 0.6 is 0 Å². The number of phenolic OH excluding ortho intramolecular Hbond substituents is 2. The minimum atomic E-state index is -0.488. The van der Waals surface area contributed by atoms with Crippen molar-refractivity contribution in [1.82, 2.24) is 24.9 Å². The van der Waals surface area contributed by atoms with Crippen LogP contribution in [0.25, 0.3) is 0 Å². The molecule has 4 N–H and O–H groups in total. The first kappa shape index (κ1) is 22.1. The van der Waals surface area contributed by atoms with E-state index in [1.54, 1.807) is 17.3 Å². The minimum absolute atomic E-state index is 0.101. The van der Waals surface area contributed by atoms with Crippen molar-refractivity contribution in [2.75, 3.05) is 10.6 Å². The van der Waals surface area contributed by atoms with Crippen LogP contribution in [-0.2, 0) is 13.1 Å². The van der Waals surface area contributed by atoms with Gasteiger partial charge in [-0.1, -0.05) is 12.1 Å². The number of aromatic nitrogens is 5. The zero-order valence-electron chi connectivity index (χ0n) is 17.6. The quantitative estimate of drug-likeness (QED) is 0.259. The van der Waals surface area contributed by atoms with Crippen molar-refractivity contribution < 1.29 is 10.2 Å². The summed E-state index contributed by atoms with van der Waals surface area (Å²) in [5, 5.41) is 30.0. The molecule has 0 radical (unpaired) electrons. The lowest BCUT2D eigenvalue weighted by molar-refractivity contribution is 0.452. The first-order valence-corrected chi connectivity index (χ1v) is 9.89. The Labute approximate surface area is 192 Å². The molecular weight excluding hydrogens is 440 g/mol. The predicted molar refractivity (Wildman–Crippen MR) is 122 cm³/mol. The van der Waals surface area contributed by atoms with E-state index in [4.69, 9.17) is 5.73 Å². The van der Waals surface area contributed by atoms with Gasteiger partial charge in [0.1, 0.15) is 17.2 Å². The molecule has 0 unspecified atom stereocenters. The summed E-state index contributed by atoms with van der Waals surface area (Å²) in [4.78, 5) is 33.8. The summed E-state index contributed by atoms with van der Waals surface area (Å²) >= 11 is 0. The van der Waals surface area contributed by atoms with Gasteiger partial charge in [-0.15, -0.1) is 15.1 Å². The summed E-state index contributed by atoms with van der Waals surface area (Å²) in [6, 6.07) is 13.1. The highest BCUT2D eigenvalue weighted by atomic mass is 16.3. The maximum absolute atomic E-state index is 10.8. The Morgan fingerprint density at radius 2 is 1.47 bits per heavy atom. The molecule has 0 bridgehead atoms. The third-order valence-electron chi connectivity index (χ3n) is 4.49. The van der Waals surface area contributed by atoms with Crippen molar-refractivity contribution in [3.8, 4) is 11.5 Å². The highest BCUT2D eigenvalue weighted by Crippen LogP contribution is 2.38. The lowest BCUT2D eigenvalue weighted by Crippen LogP contribution is -2.25. The molecule has 13 nitrogen and oxygen atoms in total. The fraction of sp³-hybridized carbons (Fsp3) is 0.0952. The van der Waals surface area contributed by atoms with Gasteiger partial charge in [-0.3, -0.25) is 9.97 Å². The monoisotopic (exact) mass is 458 g/mol. The molecule has 4 aromatic rings. The molecule has 3 aromatic heterocycles. The Balaban J connectivity index is 1.67. The Hall–Kier alpha value is -5.07. The van der Waals surface area contributed by atoms with Crippen LogP contribution in [0.15, 0.2) is 76.3 Å². The molecule has 0 aliphatic heterocycles. The lowest BCUT2D eigenvalue weighted by Gasteiger charge is -2.22. The number of nitrogens with two attached hydrogens (primary N) is 1. The van der Waals surface area contributed by atoms with Gasteiger partial charge in [-0.25, -0.2) is 0 Å². The number of anilines is 2. The first-order valence-electron chi connectivity index (χ1n) is 9.89. The van der Waals surface area contributed by atoms with E-state index in [0.29, 0.717) is 13.1 Å². The van der Waals surface area contributed by atoms with Crippen LogP contribution in [0.3, 0.4) is 0 Å². The van der Waals surface area contributed by atoms with Crippen LogP contribution in [-0.4, -0.2) is 35.1 Å². The number of nitroso groups, excluding NO2 is 1. The topological polar surface area (TPSA) is 188 Å². The van der Waals surface area contributed by atoms with Crippen molar-refractivity contribution in [2.24, 2.45) is 15.4 Å². The zero-order valence-corrected chi connectivity index (χ0v) is 17.6. The molecule has 3 heterocycles. The number of hydrogen-bond acceptors (Lipinski definition) is 13. The Morgan fingerprint density at radius 3 is 2.06 bits per heavy atom. The highest BCUT2D eigenvalue weighted by molar-refractivity contribution is 5.65. The van der Waals surface area contributed by atoms with Crippen molar-refractivity contribution in [2.45, 2.75) is 13.1 Å². The first-order chi connectivity index (χ1) is 16.5. The number of hydrogen-bond donors (Lipinski definition) is 3. The zero-order chi connectivity index (χ0) is 23.9. The van der Waals surface area contributed by atoms with E-state index in [1.165, 1.54) is 0 Å². The fourth-order valence-corrected chi connectivity index (χ4v) is 2.93. The molecule has 0 fully saturated rings. The van der Waals surface area contributed by atoms with Gasteiger partial charge in [0.2, 0.25) is 11.9 Å². The Kier molecular flexibility index (Phi) is 6.53. The van der Waals surface area contributed by atoms with Crippen LogP contribution in [0.1, 0.15) is 11.4 Å². The molecule has 0 atom stereocenters. The lowest BCUT2D eigenvalue weighted by atomic mass is 10.2. The molecule has 1 aromatic carbocycles. The van der Waals surface area contributed by atoms with Crippen LogP contribution in [0, 0.1) is 4.91 Å². The maximum Gasteiger partial charge on any atom is 0.275 e. The van der Waals surface area contributed by atoms with Gasteiger partial charge >= 0.3 is 0 Å². The van der Waals surface area contributed by atoms with Crippen LogP contribution in [0.5, 0.6) is 11.5 Å². The van der Waals surface area contributed by atoms with E-state index in [1.807, 2.05) is 36.4 Å². The van der Waals surface area contributed by atoms with Gasteiger partial charge in [0.05, 0.1) is 24.5 Å². The van der Waals surface area contributed by atoms with Gasteiger partial charge in [-0.05, 0) is 29.4 Å². The smallest absolute Gasteiger partial charge is 0.275 e. The number of aromatic hydroxyl groups is 2. The highest BCUT2D eigenvalue weighted by Gasteiger charge is 2.16. The average Bonchev–Trinajstić information content (AvgIpc) is 2.84. The van der Waals surface area contributed by atoms with Gasteiger partial charge < -0.3 is 20.8 Å². The number of rotatable bonds is 8. The van der Waals surface area contributed by atoms with Crippen molar-refractivity contribution in [3.05, 3.63) is 77.2 Å². The number of pyridine rings is 2. The van der Waals surface area contributed by atoms with Gasteiger partial charge in [0, 0.05) is 24.5 Å². The molecule has 0 saturated heterocycles. The third kappa shape index (κ3) is 5.40. The predicted octanol–water partition coefficient (Wildman–Crippen LogP) is 3.68. The number of nitrogen functional groups attached to an aromatic ring is 1. The van der Waals surface area contributed by atoms with E-state index < -0.39 is 11.5 Å². The van der Waals surface area contributed by atoms with Crippen molar-refractivity contribution in [1.29, 1.82) is 0 Å². The molecule has 0 aliphatic rings. The third-order valence-corrected chi connectivity index (χ3v) is 4.49. The molecule has 170 valence electrons. The molecule has 13 heteroatoms. The summed E-state index contributed by atoms with van der Waals surface area (Å²) in [6.07, 6.45) is 3.37. The van der Waals surface area contributed by atoms with Gasteiger partial charge in [-0.2, -0.15) is 15.0 Å². The van der Waals surface area contributed by atoms with Crippen molar-refractivity contribution >= 4 is 29.2 Å². The molecule has 0 amide bonds. The minimum Gasteiger partial charge on any atom is -0.505 e. The van der Waals surface area contributed by atoms with Gasteiger partial charge in [0.25, 0.3) is 5.95 Å². The number of benzene rings is 1. The van der Waals surface area contributed by atoms with Gasteiger partial charge in [0.15, 0.2) is 5.69 Å². The molecule has 34 heavy (non-hydrogen) atoms. The van der Waals surface area contributed by atoms with E-state index >= 15 is 0 Å². The largest absolute Gasteiger partial charge is 0.505 e. The molecule has 0 aliphatic carbocycles. The van der Waals surface area contributed by atoms with E-state index in [0.717, 1.165) is 23.5 Å². The summed E-state index contributed by atoms with van der Waals surface area (Å²) < 4.78 is 0. The summed E-state index contributed by atoms with van der Waals surface area (Å²) in [5.41, 5.74) is 7.00. The SMILES string of the molecule is Nc1nc(N=Nc2cc(N=O)c(O)cc2O)nc(N(Cc2ccccn2)Cc2ccccn2)n1. The normalized spacial score (nSPS) is 10.9. The number of azo groups is 1. The second-order valence-electron chi connectivity index (χ2n) is 6.91. The standard InChI is InChI=1S/C21H18N10O3/c22-19-25-20(29-28-15-9-16(30-34)18(33)10-17(15)32)27-21(26-19)31(11-13-5-1-3-7-23-13)12-14-6-2-4-8-24-14/h1-10,32-33H,11-12H2,(H2,22,25,26,27). The molecule has 4 rings (SSSR count). The summed E-state index contributed by atoms with van der Waals surface area (Å²) in [6.45, 7) is 0.704. The maximum atomic E-state index is 10.8. The van der Waals surface area contributed by atoms with Crippen LogP contribution < -0.4 is 10.6 Å². The van der Waals surface area contributed by atoms with E-state index in [-0.39, 0.29) is 29.2 Å². The molecular formula is C21H18N10O3. The summed E-state index contributed by atoms with van der Waals surface area (Å²) in [5.74, 6) is -0.928. The average molecular weight is 458 g/mol. The molecule has 0 saturated carbocycles. The van der Waals surface area contributed by atoms with E-state index in [2.05, 4.69) is 40.3 Å². The van der Waals surface area contributed by atoms with Crippen LogP contribution in [0.2, 0.25) is 0 Å². The second kappa shape index (κ2) is 10.0. The fourth-order valence-electron chi connectivity index (χ4n) is 2.93.